The van der Waals surface area contributed by atoms with E-state index >= 15 is 0 Å². The Kier molecular flexibility index (Phi) is 7.57. The number of ether oxygens (including phenoxy) is 1. The Hall–Kier alpha value is -3.44. The normalized spacial score (nSPS) is 13.7. The minimum atomic E-state index is -4.99. The number of imidazole rings is 1. The number of nitrogens with zero attached hydrogens (tertiary/aromatic N) is 4. The maximum Gasteiger partial charge on any atom is 0.408 e. The summed E-state index contributed by atoms with van der Waals surface area (Å²) in [5.41, 5.74) is 2.39. The van der Waals surface area contributed by atoms with E-state index in [9.17, 15) is 26.7 Å². The molecule has 2 atom stereocenters. The molecule has 2 heterocycles. The fourth-order valence-electron chi connectivity index (χ4n) is 3.59. The molecule has 2 unspecified atom stereocenters. The summed E-state index contributed by atoms with van der Waals surface area (Å²) in [6.07, 6.45) is -4.64. The van der Waals surface area contributed by atoms with Crippen LogP contribution in [0.2, 0.25) is 0 Å². The van der Waals surface area contributed by atoms with E-state index in [1.165, 1.54) is 7.11 Å². The minimum absolute atomic E-state index is 0.0591. The van der Waals surface area contributed by atoms with Gasteiger partial charge < -0.3 is 19.4 Å². The Morgan fingerprint density at radius 1 is 1.29 bits per heavy atom. The third-order valence-corrected chi connectivity index (χ3v) is 5.38. The summed E-state index contributed by atoms with van der Waals surface area (Å²) in [4.78, 5) is 22.4. The molecular weight excluding hydrogens is 461 g/mol. The fourth-order valence-corrected chi connectivity index (χ4v) is 3.59. The molecule has 34 heavy (non-hydrogen) atoms. The predicted molar refractivity (Wildman–Crippen MR) is 115 cm³/mol. The highest BCUT2D eigenvalue weighted by Gasteiger charge is 2.43. The van der Waals surface area contributed by atoms with Gasteiger partial charge in [-0.2, -0.15) is 13.2 Å². The van der Waals surface area contributed by atoms with Gasteiger partial charge in [-0.1, -0.05) is 18.2 Å². The summed E-state index contributed by atoms with van der Waals surface area (Å²) in [6.45, 7) is 3.30. The summed E-state index contributed by atoms with van der Waals surface area (Å²) in [5.74, 6) is 0.313. The maximum atomic E-state index is 13.1. The van der Waals surface area contributed by atoms with E-state index in [1.807, 2.05) is 0 Å². The van der Waals surface area contributed by atoms with Crippen molar-refractivity contribution in [1.29, 1.82) is 0 Å². The number of alkyl halides is 5. The second-order valence-electron chi connectivity index (χ2n) is 7.55. The molecule has 0 saturated carbocycles. The lowest BCUT2D eigenvalue weighted by Gasteiger charge is -2.31. The first kappa shape index (κ1) is 25.2. The lowest BCUT2D eigenvalue weighted by molar-refractivity contribution is -0.161. The highest BCUT2D eigenvalue weighted by molar-refractivity contribution is 5.75. The number of benzene rings is 1. The Labute approximate surface area is 192 Å². The molecule has 1 N–H and O–H groups in total. The molecule has 0 fully saturated rings. The largest absolute Gasteiger partial charge is 0.478 e. The molecule has 2 aromatic heterocycles. The third-order valence-electron chi connectivity index (χ3n) is 5.38. The standard InChI is InChI=1S/C22H24F5N5O2/c1-4-32(21(33)30-17(11-18(23)24)22(25,26)27)13(2)14-6-5-7-15(10-14)16-12-31-9-8-28-19(31)20(29-16)34-3/h5-10,12-13,17-18H,4,11H2,1-3H3,(H,30,33). The highest BCUT2D eigenvalue weighted by Crippen LogP contribution is 2.29. The molecule has 2 amide bonds. The van der Waals surface area contributed by atoms with Crippen molar-refractivity contribution in [2.75, 3.05) is 13.7 Å². The fraction of sp³-hybridized carbons (Fsp3) is 0.409. The van der Waals surface area contributed by atoms with Crippen molar-refractivity contribution in [3.05, 3.63) is 48.4 Å². The lowest BCUT2D eigenvalue weighted by Crippen LogP contribution is -2.51. The van der Waals surface area contributed by atoms with E-state index in [4.69, 9.17) is 4.74 Å². The highest BCUT2D eigenvalue weighted by atomic mass is 19.4. The van der Waals surface area contributed by atoms with Gasteiger partial charge in [-0.25, -0.2) is 23.5 Å². The molecule has 0 radical (unpaired) electrons. The van der Waals surface area contributed by atoms with Gasteiger partial charge in [0, 0.05) is 37.1 Å². The molecular formula is C22H24F5N5O2. The van der Waals surface area contributed by atoms with E-state index in [1.54, 1.807) is 66.4 Å². The van der Waals surface area contributed by atoms with Crippen LogP contribution in [0.3, 0.4) is 0 Å². The quantitative estimate of drug-likeness (QED) is 0.452. The lowest BCUT2D eigenvalue weighted by atomic mass is 10.0. The van der Waals surface area contributed by atoms with Crippen LogP contribution in [0.25, 0.3) is 16.9 Å². The molecule has 0 aliphatic heterocycles. The average molecular weight is 485 g/mol. The Morgan fingerprint density at radius 3 is 2.65 bits per heavy atom. The number of hydrogen-bond donors (Lipinski definition) is 1. The molecule has 0 aliphatic rings. The second kappa shape index (κ2) is 10.2. The van der Waals surface area contributed by atoms with Crippen molar-refractivity contribution < 1.29 is 31.5 Å². The van der Waals surface area contributed by atoms with Gasteiger partial charge in [0.15, 0.2) is 5.65 Å². The predicted octanol–water partition coefficient (Wildman–Crippen LogP) is 5.08. The summed E-state index contributed by atoms with van der Waals surface area (Å²) in [5, 5.41) is 1.71. The average Bonchev–Trinajstić information content (AvgIpc) is 3.26. The number of fused-ring (bicyclic) bond motifs is 1. The van der Waals surface area contributed by atoms with Crippen LogP contribution in [0, 0.1) is 0 Å². The molecule has 184 valence electrons. The molecule has 7 nitrogen and oxygen atoms in total. The number of nitrogens with one attached hydrogen (secondary N) is 1. The Morgan fingerprint density at radius 2 is 2.03 bits per heavy atom. The summed E-state index contributed by atoms with van der Waals surface area (Å²) >= 11 is 0. The SMILES string of the molecule is CCN(C(=O)NC(CC(F)F)C(F)(F)F)C(C)c1cccc(-c2cn3ccnc3c(OC)n2)c1. The van der Waals surface area contributed by atoms with Crippen molar-refractivity contribution in [1.82, 2.24) is 24.6 Å². The van der Waals surface area contributed by atoms with Crippen LogP contribution in [-0.4, -0.2) is 57.6 Å². The van der Waals surface area contributed by atoms with Gasteiger partial charge in [0.25, 0.3) is 5.88 Å². The molecule has 12 heteroatoms. The Balaban J connectivity index is 1.87. The van der Waals surface area contributed by atoms with Crippen LogP contribution in [-0.2, 0) is 0 Å². The van der Waals surface area contributed by atoms with Gasteiger partial charge in [0.2, 0.25) is 6.43 Å². The maximum absolute atomic E-state index is 13.1. The van der Waals surface area contributed by atoms with Gasteiger partial charge in [0.1, 0.15) is 6.04 Å². The number of carbonyl (C=O) groups is 1. The summed E-state index contributed by atoms with van der Waals surface area (Å²) < 4.78 is 71.7. The smallest absolute Gasteiger partial charge is 0.408 e. The number of urea groups is 1. The summed E-state index contributed by atoms with van der Waals surface area (Å²) in [7, 11) is 1.47. The Bertz CT molecular complexity index is 1130. The van der Waals surface area contributed by atoms with E-state index in [-0.39, 0.29) is 6.54 Å². The van der Waals surface area contributed by atoms with Crippen molar-refractivity contribution in [2.24, 2.45) is 0 Å². The number of rotatable bonds is 8. The number of hydrogen-bond acceptors (Lipinski definition) is 4. The molecule has 0 aliphatic carbocycles. The first-order chi connectivity index (χ1) is 16.0. The van der Waals surface area contributed by atoms with Crippen molar-refractivity contribution in [3.63, 3.8) is 0 Å². The van der Waals surface area contributed by atoms with Crippen LogP contribution in [0.4, 0.5) is 26.7 Å². The van der Waals surface area contributed by atoms with Crippen molar-refractivity contribution in [2.45, 2.75) is 45.0 Å². The van der Waals surface area contributed by atoms with Crippen LogP contribution < -0.4 is 10.1 Å². The van der Waals surface area contributed by atoms with Gasteiger partial charge in [-0.15, -0.1) is 0 Å². The number of halogens is 5. The van der Waals surface area contributed by atoms with Gasteiger partial charge in [-0.05, 0) is 25.5 Å². The number of methoxy groups -OCH3 is 1. The van der Waals surface area contributed by atoms with E-state index in [2.05, 4.69) is 9.97 Å². The zero-order valence-electron chi connectivity index (χ0n) is 18.7. The van der Waals surface area contributed by atoms with Gasteiger partial charge in [-0.3, -0.25) is 0 Å². The molecule has 3 aromatic rings. The zero-order valence-corrected chi connectivity index (χ0v) is 18.7. The van der Waals surface area contributed by atoms with Crippen LogP contribution in [0.5, 0.6) is 5.88 Å². The van der Waals surface area contributed by atoms with Crippen LogP contribution >= 0.6 is 0 Å². The van der Waals surface area contributed by atoms with E-state index in [0.29, 0.717) is 28.3 Å². The molecule has 0 spiro atoms. The zero-order chi connectivity index (χ0) is 25.0. The first-order valence-corrected chi connectivity index (χ1v) is 10.4. The van der Waals surface area contributed by atoms with Crippen molar-refractivity contribution in [3.8, 4) is 17.1 Å². The summed E-state index contributed by atoms with van der Waals surface area (Å²) in [6, 6.07) is 2.62. The molecule has 0 saturated heterocycles. The van der Waals surface area contributed by atoms with Crippen LogP contribution in [0.15, 0.2) is 42.9 Å². The molecule has 0 bridgehead atoms. The van der Waals surface area contributed by atoms with Gasteiger partial charge >= 0.3 is 12.2 Å². The molecule has 3 rings (SSSR count). The first-order valence-electron chi connectivity index (χ1n) is 10.4. The number of amides is 2. The van der Waals surface area contributed by atoms with E-state index in [0.717, 1.165) is 4.90 Å². The topological polar surface area (TPSA) is 71.8 Å². The molecule has 1 aromatic carbocycles. The number of aromatic nitrogens is 3. The van der Waals surface area contributed by atoms with Crippen molar-refractivity contribution >= 4 is 11.7 Å². The van der Waals surface area contributed by atoms with Crippen LogP contribution in [0.1, 0.15) is 31.9 Å². The number of carbonyl (C=O) groups excluding carboxylic acids is 1. The van der Waals surface area contributed by atoms with Gasteiger partial charge in [0.05, 0.1) is 18.8 Å². The monoisotopic (exact) mass is 485 g/mol. The third kappa shape index (κ3) is 5.54. The minimum Gasteiger partial charge on any atom is -0.478 e. The van der Waals surface area contributed by atoms with E-state index < -0.39 is 37.1 Å². The second-order valence-corrected chi connectivity index (χ2v) is 7.55.